The first kappa shape index (κ1) is 7.81. The van der Waals surface area contributed by atoms with Gasteiger partial charge in [-0.3, -0.25) is 4.98 Å². The Morgan fingerprint density at radius 1 is 1.56 bits per heavy atom. The number of hydrogen-bond donors (Lipinski definition) is 1. The number of pyridine rings is 1. The van der Waals surface area contributed by atoms with E-state index in [2.05, 4.69) is 56.1 Å². The van der Waals surface area contributed by atoms with Gasteiger partial charge in [-0.05, 0) is 38.5 Å². The maximum atomic E-state index is 4.17. The van der Waals surface area contributed by atoms with Gasteiger partial charge in [-0.15, -0.1) is 12.6 Å². The Hall–Kier alpha value is 0.710. The molecule has 4 heteroatoms. The van der Waals surface area contributed by atoms with Crippen LogP contribution in [0.2, 0.25) is 0 Å². The minimum atomic E-state index is 0.907. The molecule has 0 atom stereocenters. The Bertz CT molecular complexity index is 208. The molecule has 0 N–H and O–H groups in total. The second kappa shape index (κ2) is 3.21. The summed E-state index contributed by atoms with van der Waals surface area (Å²) in [6.45, 7) is 0. The third-order valence-corrected chi connectivity index (χ3v) is 4.09. The highest BCUT2D eigenvalue weighted by molar-refractivity contribution is 14.1. The largest absolute Gasteiger partial charge is 0.262 e. The van der Waals surface area contributed by atoms with E-state index in [1.807, 2.05) is 0 Å². The molecule has 0 aromatic carbocycles. The molecule has 0 saturated heterocycles. The van der Waals surface area contributed by atoms with E-state index in [0.29, 0.717) is 0 Å². The summed E-state index contributed by atoms with van der Waals surface area (Å²) in [7, 11) is 0. The van der Waals surface area contributed by atoms with Gasteiger partial charge in [0.1, 0.15) is 0 Å². The quantitative estimate of drug-likeness (QED) is 0.574. The third-order valence-electron chi connectivity index (χ3n) is 0.819. The minimum absolute atomic E-state index is 0.907. The average Bonchev–Trinajstić information content (AvgIpc) is 1.83. The van der Waals surface area contributed by atoms with Crippen LogP contribution in [-0.4, -0.2) is 4.98 Å². The molecule has 0 radical (unpaired) electrons. The van der Waals surface area contributed by atoms with Crippen molar-refractivity contribution >= 4 is 51.1 Å². The molecule has 48 valence electrons. The van der Waals surface area contributed by atoms with Gasteiger partial charge in [0.2, 0.25) is 0 Å². The number of hydrogen-bond acceptors (Lipinski definition) is 2. The van der Waals surface area contributed by atoms with Gasteiger partial charge in [0.15, 0.2) is 0 Å². The zero-order valence-electron chi connectivity index (χ0n) is 4.31. The molecular weight excluding hydrogens is 313 g/mol. The zero-order valence-corrected chi connectivity index (χ0v) is 8.94. The lowest BCUT2D eigenvalue weighted by Crippen LogP contribution is -1.79. The predicted octanol–water partition coefficient (Wildman–Crippen LogP) is 2.74. The highest BCUT2D eigenvalue weighted by Crippen LogP contribution is 2.22. The summed E-state index contributed by atoms with van der Waals surface area (Å²) in [5, 5.41) is 0. The van der Waals surface area contributed by atoms with E-state index >= 15 is 0 Å². The molecule has 0 fully saturated rings. The summed E-state index contributed by atoms with van der Waals surface area (Å²) in [5.41, 5.74) is 0. The van der Waals surface area contributed by atoms with Crippen molar-refractivity contribution in [2.75, 3.05) is 0 Å². The van der Waals surface area contributed by atoms with Crippen molar-refractivity contribution in [2.24, 2.45) is 0 Å². The smallest absolute Gasteiger partial charge is 0.0503 e. The molecule has 0 spiro atoms. The van der Waals surface area contributed by atoms with Gasteiger partial charge in [0.25, 0.3) is 0 Å². The van der Waals surface area contributed by atoms with Crippen molar-refractivity contribution in [1.29, 1.82) is 0 Å². The van der Waals surface area contributed by atoms with E-state index < -0.39 is 0 Å². The van der Waals surface area contributed by atoms with Crippen LogP contribution in [0, 0.1) is 3.57 Å². The molecule has 0 saturated carbocycles. The highest BCUT2D eigenvalue weighted by atomic mass is 127. The molecule has 1 aromatic rings. The number of thiol groups is 1. The van der Waals surface area contributed by atoms with Crippen LogP contribution >= 0.6 is 51.1 Å². The van der Waals surface area contributed by atoms with E-state index in [4.69, 9.17) is 0 Å². The predicted molar refractivity (Wildman–Crippen MR) is 51.9 cm³/mol. The van der Waals surface area contributed by atoms with Gasteiger partial charge in [-0.1, -0.05) is 0 Å². The summed E-state index contributed by atoms with van der Waals surface area (Å²) < 4.78 is 2.10. The van der Waals surface area contributed by atoms with E-state index in [-0.39, 0.29) is 0 Å². The van der Waals surface area contributed by atoms with Crippen LogP contribution in [-0.2, 0) is 0 Å². The van der Waals surface area contributed by atoms with Crippen LogP contribution < -0.4 is 0 Å². The van der Waals surface area contributed by atoms with Crippen molar-refractivity contribution in [3.05, 3.63) is 20.4 Å². The first-order chi connectivity index (χ1) is 4.22. The van der Waals surface area contributed by atoms with Crippen LogP contribution in [0.4, 0.5) is 0 Å². The lowest BCUT2D eigenvalue weighted by atomic mass is 10.5. The summed E-state index contributed by atoms with van der Waals surface area (Å²) >= 11 is 9.70. The van der Waals surface area contributed by atoms with Crippen molar-refractivity contribution in [3.8, 4) is 0 Å². The van der Waals surface area contributed by atoms with E-state index in [9.17, 15) is 0 Å². The molecule has 0 aliphatic rings. The molecule has 1 rings (SSSR count). The molecular formula is C5H3BrINS. The molecule has 1 aromatic heterocycles. The molecule has 0 aliphatic carbocycles. The Morgan fingerprint density at radius 3 is 2.67 bits per heavy atom. The van der Waals surface area contributed by atoms with Crippen molar-refractivity contribution in [2.45, 2.75) is 4.90 Å². The van der Waals surface area contributed by atoms with Gasteiger partial charge in [-0.25, -0.2) is 0 Å². The van der Waals surface area contributed by atoms with Gasteiger partial charge in [0, 0.05) is 20.9 Å². The summed E-state index contributed by atoms with van der Waals surface area (Å²) in [5.74, 6) is 0. The minimum Gasteiger partial charge on any atom is -0.262 e. The van der Waals surface area contributed by atoms with Crippen LogP contribution in [0.25, 0.3) is 0 Å². The molecule has 0 unspecified atom stereocenters. The number of nitrogens with zero attached hydrogens (tertiary/aromatic N) is 1. The molecule has 0 amide bonds. The second-order valence-corrected chi connectivity index (χ2v) is 3.87. The molecule has 1 heterocycles. The van der Waals surface area contributed by atoms with Gasteiger partial charge in [0.05, 0.1) is 4.47 Å². The average molecular weight is 316 g/mol. The second-order valence-electron chi connectivity index (χ2n) is 1.45. The molecule has 9 heavy (non-hydrogen) atoms. The fourth-order valence-corrected chi connectivity index (χ4v) is 1.36. The highest BCUT2D eigenvalue weighted by Gasteiger charge is 1.97. The summed E-state index contributed by atoms with van der Waals surface area (Å²) in [6.07, 6.45) is 3.47. The van der Waals surface area contributed by atoms with Crippen molar-refractivity contribution < 1.29 is 0 Å². The van der Waals surface area contributed by atoms with E-state index in [1.165, 1.54) is 0 Å². The zero-order chi connectivity index (χ0) is 6.85. The van der Waals surface area contributed by atoms with Crippen LogP contribution in [0.3, 0.4) is 0 Å². The molecule has 0 bridgehead atoms. The fourth-order valence-electron chi connectivity index (χ4n) is 0.409. The number of halogens is 2. The lowest BCUT2D eigenvalue weighted by Gasteiger charge is -1.95. The third kappa shape index (κ3) is 1.81. The Labute approximate surface area is 80.9 Å². The SMILES string of the molecule is Sc1cncc(Br)c1I. The lowest BCUT2D eigenvalue weighted by molar-refractivity contribution is 1.20. The van der Waals surface area contributed by atoms with Crippen molar-refractivity contribution in [1.82, 2.24) is 4.98 Å². The van der Waals surface area contributed by atoms with E-state index in [0.717, 1.165) is 12.9 Å². The Kier molecular flexibility index (Phi) is 2.78. The van der Waals surface area contributed by atoms with Crippen LogP contribution in [0.5, 0.6) is 0 Å². The fraction of sp³-hybridized carbons (Fsp3) is 0. The molecule has 0 aliphatic heterocycles. The number of aromatic nitrogens is 1. The van der Waals surface area contributed by atoms with Crippen molar-refractivity contribution in [3.63, 3.8) is 0 Å². The molecule has 1 nitrogen and oxygen atoms in total. The summed E-state index contributed by atoms with van der Waals surface area (Å²) in [4.78, 5) is 4.82. The first-order valence-corrected chi connectivity index (χ1v) is 4.51. The summed E-state index contributed by atoms with van der Waals surface area (Å²) in [6, 6.07) is 0. The normalized spacial score (nSPS) is 9.67. The standard InChI is InChI=1S/C5H3BrINS/c6-3-1-8-2-4(9)5(3)7/h1-2,9H. The monoisotopic (exact) mass is 315 g/mol. The maximum Gasteiger partial charge on any atom is 0.0503 e. The Morgan fingerprint density at radius 2 is 2.22 bits per heavy atom. The number of rotatable bonds is 0. The Balaban J connectivity index is 3.25. The van der Waals surface area contributed by atoms with Gasteiger partial charge in [-0.2, -0.15) is 0 Å². The van der Waals surface area contributed by atoms with Crippen LogP contribution in [0.1, 0.15) is 0 Å². The topological polar surface area (TPSA) is 12.9 Å². The van der Waals surface area contributed by atoms with E-state index in [1.54, 1.807) is 12.4 Å². The van der Waals surface area contributed by atoms with Gasteiger partial charge < -0.3 is 0 Å². The van der Waals surface area contributed by atoms with Gasteiger partial charge >= 0.3 is 0 Å². The van der Waals surface area contributed by atoms with Crippen LogP contribution in [0.15, 0.2) is 21.8 Å². The maximum absolute atomic E-state index is 4.17. The first-order valence-electron chi connectivity index (χ1n) is 2.20.